The topological polar surface area (TPSA) is 53.0 Å². The molecule has 0 amide bonds. The summed E-state index contributed by atoms with van der Waals surface area (Å²) in [6.45, 7) is 28.4. The number of halogens is 1. The van der Waals surface area contributed by atoms with Gasteiger partial charge in [-0.05, 0) is 61.5 Å². The second-order valence-electron chi connectivity index (χ2n) is 6.74. The van der Waals surface area contributed by atoms with E-state index < -0.39 is 5.97 Å². The smallest absolute Gasteiger partial charge is 0.0757 e. The van der Waals surface area contributed by atoms with Crippen molar-refractivity contribution in [3.63, 3.8) is 0 Å². The molecule has 1 aromatic rings. The van der Waals surface area contributed by atoms with Crippen molar-refractivity contribution in [2.75, 3.05) is 52.4 Å². The number of rotatable bonds is 9. The van der Waals surface area contributed by atoms with Gasteiger partial charge in [-0.2, -0.15) is 0 Å². The molecule has 0 aliphatic heterocycles. The van der Waals surface area contributed by atoms with Crippen molar-refractivity contribution in [2.45, 2.75) is 55.4 Å². The predicted molar refractivity (Wildman–Crippen MR) is 113 cm³/mol. The first-order valence-corrected chi connectivity index (χ1v) is 10.6. The molecular weight excluding hydrogens is 357 g/mol. The number of carboxylic acids is 1. The van der Waals surface area contributed by atoms with Gasteiger partial charge in [0.25, 0.3) is 0 Å². The average molecular weight is 402 g/mol. The van der Waals surface area contributed by atoms with E-state index in [1.165, 1.54) is 79.8 Å². The van der Waals surface area contributed by atoms with Crippen molar-refractivity contribution in [2.24, 2.45) is 0 Å². The van der Waals surface area contributed by atoms with Gasteiger partial charge < -0.3 is 23.6 Å². The fourth-order valence-electron chi connectivity index (χ4n) is 3.17. The first kappa shape index (κ1) is 31.2. The average Bonchev–Trinajstić information content (AvgIpc) is 2.74. The molecule has 5 nitrogen and oxygen atoms in total. The maximum atomic E-state index is 10.0. The van der Waals surface area contributed by atoms with Crippen molar-refractivity contribution in [1.29, 1.82) is 0 Å². The van der Waals surface area contributed by atoms with Crippen LogP contribution in [0.5, 0.6) is 0 Å². The quantitative estimate of drug-likeness (QED) is 0.556. The van der Waals surface area contributed by atoms with Gasteiger partial charge in [-0.1, -0.05) is 6.07 Å². The number of quaternary nitrogens is 2. The van der Waals surface area contributed by atoms with E-state index in [1.54, 1.807) is 6.07 Å². The summed E-state index contributed by atoms with van der Waals surface area (Å²) in [5.41, 5.74) is 0.109. The van der Waals surface area contributed by atoms with E-state index >= 15 is 0 Å². The van der Waals surface area contributed by atoms with Crippen LogP contribution in [0.1, 0.15) is 65.7 Å². The lowest BCUT2D eigenvalue weighted by Gasteiger charge is -2.34. The lowest BCUT2D eigenvalue weighted by atomic mass is 10.3. The number of hydrogen-bond donors (Lipinski definition) is 0. The zero-order valence-electron chi connectivity index (χ0n) is 19.5. The molecular formula is C22H44FN3O2. The van der Waals surface area contributed by atoms with E-state index in [0.717, 1.165) is 0 Å². The van der Waals surface area contributed by atoms with E-state index in [-0.39, 0.29) is 10.3 Å². The molecule has 0 bridgehead atoms. The molecule has 166 valence electrons. The summed E-state index contributed by atoms with van der Waals surface area (Å²) in [5.74, 6) is -1.19. The fraction of sp³-hybridized carbons (Fsp3) is 0.727. The van der Waals surface area contributed by atoms with Crippen LogP contribution in [0.3, 0.4) is 0 Å². The number of carbonyl (C=O) groups excluding carboxylic acids is 1. The van der Waals surface area contributed by atoms with Crippen molar-refractivity contribution in [3.8, 4) is 0 Å². The molecule has 0 unspecified atom stereocenters. The molecule has 0 aromatic carbocycles. The molecule has 28 heavy (non-hydrogen) atoms. The van der Waals surface area contributed by atoms with Gasteiger partial charge in [0.2, 0.25) is 0 Å². The van der Waals surface area contributed by atoms with E-state index in [4.69, 9.17) is 0 Å². The van der Waals surface area contributed by atoms with Crippen LogP contribution in [0, 0.1) is 0 Å². The van der Waals surface area contributed by atoms with Gasteiger partial charge in [0.1, 0.15) is 0 Å². The van der Waals surface area contributed by atoms with Crippen LogP contribution >= 0.6 is 0 Å². The Morgan fingerprint density at radius 2 is 1.11 bits per heavy atom. The summed E-state index contributed by atoms with van der Waals surface area (Å²) in [4.78, 5) is 13.6. The highest BCUT2D eigenvalue weighted by Gasteiger charge is 2.16. The first-order chi connectivity index (χ1) is 12.8. The number of pyridine rings is 1. The molecule has 0 atom stereocenters. The summed E-state index contributed by atoms with van der Waals surface area (Å²) < 4.78 is 2.56. The van der Waals surface area contributed by atoms with E-state index in [9.17, 15) is 9.90 Å². The van der Waals surface area contributed by atoms with Crippen LogP contribution in [0.25, 0.3) is 0 Å². The van der Waals surface area contributed by atoms with Gasteiger partial charge in [0.05, 0.1) is 58.3 Å². The monoisotopic (exact) mass is 401 g/mol. The molecule has 0 aliphatic rings. The third-order valence-corrected chi connectivity index (χ3v) is 6.26. The number of carbonyl (C=O) groups is 1. The lowest BCUT2D eigenvalue weighted by Crippen LogP contribution is -3.00. The first-order valence-electron chi connectivity index (χ1n) is 10.6. The second-order valence-corrected chi connectivity index (χ2v) is 6.74. The van der Waals surface area contributed by atoms with Crippen LogP contribution in [0.2, 0.25) is 0 Å². The Balaban J connectivity index is -0.000000329. The summed E-state index contributed by atoms with van der Waals surface area (Å²) in [6, 6.07) is 2.98. The number of aromatic nitrogens is 1. The van der Waals surface area contributed by atoms with Crippen molar-refractivity contribution in [1.82, 2.24) is 4.98 Å². The Hall–Kier alpha value is -1.53. The maximum Gasteiger partial charge on any atom is 0.0757 e. The number of aromatic carboxylic acids is 1. The zero-order chi connectivity index (χ0) is 21.3. The minimum Gasteiger partial charge on any atom is -1.00 e. The number of carboxylic acid groups (broad SMARTS) is 1. The predicted octanol–water partition coefficient (Wildman–Crippen LogP) is 0.215. The zero-order valence-corrected chi connectivity index (χ0v) is 19.5. The normalized spacial score (nSPS) is 10.6. The van der Waals surface area contributed by atoms with Crippen LogP contribution in [0.4, 0.5) is 0 Å². The molecule has 0 saturated heterocycles. The molecule has 1 aromatic heterocycles. The van der Waals surface area contributed by atoms with Gasteiger partial charge in [-0.3, -0.25) is 4.98 Å². The summed E-state index contributed by atoms with van der Waals surface area (Å²) >= 11 is 0. The minimum atomic E-state index is -1.19. The highest BCUT2D eigenvalue weighted by Crippen LogP contribution is 2.04. The molecule has 0 radical (unpaired) electrons. The van der Waals surface area contributed by atoms with Crippen molar-refractivity contribution in [3.05, 3.63) is 30.1 Å². The third kappa shape index (κ3) is 11.3. The Kier molecular flexibility index (Phi) is 19.6. The largest absolute Gasteiger partial charge is 1.00 e. The SMILES string of the molecule is CC[N+](CC)(CC)CC.CC[N+](CC)(CC)CC.O=C([O-])c1cccnc1.[F-]. The number of hydrogen-bond acceptors (Lipinski definition) is 3. The molecule has 0 saturated carbocycles. The molecule has 1 rings (SSSR count). The van der Waals surface area contributed by atoms with Gasteiger partial charge in [0, 0.05) is 18.0 Å². The van der Waals surface area contributed by atoms with Crippen LogP contribution < -0.4 is 9.81 Å². The molecule has 1 heterocycles. The van der Waals surface area contributed by atoms with Gasteiger partial charge in [-0.15, -0.1) is 0 Å². The van der Waals surface area contributed by atoms with Crippen LogP contribution in [-0.4, -0.2) is 72.3 Å². The Morgan fingerprint density at radius 3 is 1.21 bits per heavy atom. The van der Waals surface area contributed by atoms with E-state index in [0.29, 0.717) is 0 Å². The summed E-state index contributed by atoms with van der Waals surface area (Å²) in [5, 5.41) is 10.0. The number of nitrogens with zero attached hydrogens (tertiary/aromatic N) is 3. The lowest BCUT2D eigenvalue weighted by molar-refractivity contribution is -0.921. The van der Waals surface area contributed by atoms with Gasteiger partial charge in [0.15, 0.2) is 0 Å². The molecule has 0 aliphatic carbocycles. The summed E-state index contributed by atoms with van der Waals surface area (Å²) in [7, 11) is 0. The van der Waals surface area contributed by atoms with Crippen molar-refractivity contribution >= 4 is 5.97 Å². The van der Waals surface area contributed by atoms with Gasteiger partial charge in [-0.25, -0.2) is 0 Å². The highest BCUT2D eigenvalue weighted by atomic mass is 19.0. The Bertz CT molecular complexity index is 421. The minimum absolute atomic E-state index is 0. The highest BCUT2D eigenvalue weighted by molar-refractivity contribution is 5.85. The van der Waals surface area contributed by atoms with Crippen LogP contribution in [0.15, 0.2) is 24.5 Å². The second kappa shape index (κ2) is 17.6. The standard InChI is InChI=1S/2C8H20N.C6H5NO2.FH/c2*1-5-9(6-2,7-3)8-4;8-6(9)5-2-1-3-7-4-5;/h2*5-8H2,1-4H3;1-4H,(H,8,9);1H/q2*+1;;/p-2. The Labute approximate surface area is 172 Å². The van der Waals surface area contributed by atoms with Gasteiger partial charge >= 0.3 is 0 Å². The molecule has 0 N–H and O–H groups in total. The Morgan fingerprint density at radius 1 is 0.786 bits per heavy atom. The molecule has 0 fully saturated rings. The molecule has 0 spiro atoms. The van der Waals surface area contributed by atoms with E-state index in [2.05, 4.69) is 60.4 Å². The third-order valence-electron chi connectivity index (χ3n) is 6.26. The maximum absolute atomic E-state index is 10.0. The molecule has 6 heteroatoms. The fourth-order valence-corrected chi connectivity index (χ4v) is 3.17. The summed E-state index contributed by atoms with van der Waals surface area (Å²) in [6.07, 6.45) is 2.75. The van der Waals surface area contributed by atoms with Crippen molar-refractivity contribution < 1.29 is 23.6 Å². The van der Waals surface area contributed by atoms with E-state index in [1.807, 2.05) is 0 Å². The van der Waals surface area contributed by atoms with Crippen LogP contribution in [-0.2, 0) is 0 Å².